The van der Waals surface area contributed by atoms with Gasteiger partial charge in [0.15, 0.2) is 5.76 Å². The first-order chi connectivity index (χ1) is 15.4. The van der Waals surface area contributed by atoms with Gasteiger partial charge in [-0.15, -0.1) is 0 Å². The van der Waals surface area contributed by atoms with E-state index in [0.29, 0.717) is 21.8 Å². The van der Waals surface area contributed by atoms with E-state index >= 15 is 0 Å². The lowest BCUT2D eigenvalue weighted by Gasteiger charge is -2.17. The highest BCUT2D eigenvalue weighted by molar-refractivity contribution is 6.30. The zero-order valence-corrected chi connectivity index (χ0v) is 17.3. The van der Waals surface area contributed by atoms with Crippen LogP contribution in [-0.4, -0.2) is 15.9 Å². The summed E-state index contributed by atoms with van der Waals surface area (Å²) in [7, 11) is 0. The smallest absolute Gasteiger partial charge is 0.291 e. The van der Waals surface area contributed by atoms with E-state index < -0.39 is 16.9 Å². The number of furan rings is 1. The fourth-order valence-corrected chi connectivity index (χ4v) is 3.50. The van der Waals surface area contributed by atoms with Crippen LogP contribution < -0.4 is 5.32 Å². The molecule has 0 bridgehead atoms. The van der Waals surface area contributed by atoms with Gasteiger partial charge in [0.25, 0.3) is 11.6 Å². The zero-order chi connectivity index (χ0) is 22.7. The molecule has 0 saturated carbocycles. The maximum Gasteiger partial charge on any atom is 0.291 e. The summed E-state index contributed by atoms with van der Waals surface area (Å²) in [5.41, 5.74) is 1.56. The molecule has 0 aliphatic rings. The molecule has 1 heterocycles. The van der Waals surface area contributed by atoms with E-state index in [1.165, 1.54) is 18.2 Å². The Morgan fingerprint density at radius 2 is 1.72 bits per heavy atom. The van der Waals surface area contributed by atoms with E-state index in [1.54, 1.807) is 60.7 Å². The summed E-state index contributed by atoms with van der Waals surface area (Å²) in [4.78, 5) is 23.6. The molecule has 4 rings (SSSR count). The third-order valence-corrected chi connectivity index (χ3v) is 5.10. The van der Waals surface area contributed by atoms with Gasteiger partial charge in [0.05, 0.1) is 10.5 Å². The maximum absolute atomic E-state index is 12.8. The minimum atomic E-state index is -1.01. The summed E-state index contributed by atoms with van der Waals surface area (Å²) in [5, 5.41) is 25.2. The van der Waals surface area contributed by atoms with Gasteiger partial charge in [0.1, 0.15) is 11.9 Å². The first-order valence-corrected chi connectivity index (χ1v) is 9.99. The molecule has 0 spiro atoms. The topological polar surface area (TPSA) is 106 Å². The number of aliphatic hydroxyl groups excluding tert-OH is 1. The molecule has 0 aliphatic heterocycles. The first-order valence-electron chi connectivity index (χ1n) is 9.61. The van der Waals surface area contributed by atoms with Crippen LogP contribution in [0.1, 0.15) is 27.8 Å². The van der Waals surface area contributed by atoms with Crippen molar-refractivity contribution in [3.8, 4) is 11.3 Å². The van der Waals surface area contributed by atoms with E-state index in [-0.39, 0.29) is 22.8 Å². The Labute approximate surface area is 188 Å². The van der Waals surface area contributed by atoms with Crippen LogP contribution in [0.5, 0.6) is 0 Å². The lowest BCUT2D eigenvalue weighted by atomic mass is 10.00. The van der Waals surface area contributed by atoms with Gasteiger partial charge in [0.2, 0.25) is 0 Å². The Bertz CT molecular complexity index is 1290. The molecular formula is C24H17ClN2O5. The van der Waals surface area contributed by atoms with Gasteiger partial charge >= 0.3 is 0 Å². The summed E-state index contributed by atoms with van der Waals surface area (Å²) in [5.74, 6) is -0.407. The third-order valence-electron chi connectivity index (χ3n) is 4.87. The average Bonchev–Trinajstić information content (AvgIpc) is 3.30. The van der Waals surface area contributed by atoms with Gasteiger partial charge in [-0.3, -0.25) is 14.9 Å². The highest BCUT2D eigenvalue weighted by Gasteiger charge is 2.21. The molecule has 4 aromatic rings. The van der Waals surface area contributed by atoms with Crippen molar-refractivity contribution >= 4 is 28.9 Å². The summed E-state index contributed by atoms with van der Waals surface area (Å²) < 4.78 is 5.60. The number of amides is 1. The molecular weight excluding hydrogens is 432 g/mol. The number of benzene rings is 3. The maximum atomic E-state index is 12.8. The number of halogens is 1. The zero-order valence-electron chi connectivity index (χ0n) is 16.6. The number of para-hydroxylation sites is 1. The van der Waals surface area contributed by atoms with Gasteiger partial charge < -0.3 is 14.8 Å². The lowest BCUT2D eigenvalue weighted by Crippen LogP contribution is -2.14. The van der Waals surface area contributed by atoms with Gasteiger partial charge in [-0.1, -0.05) is 54.1 Å². The minimum Gasteiger partial charge on any atom is -0.451 e. The number of nitro groups is 1. The Morgan fingerprint density at radius 1 is 1.00 bits per heavy atom. The predicted octanol–water partition coefficient (Wildman–Crippen LogP) is 5.84. The Kier molecular flexibility index (Phi) is 6.02. The minimum absolute atomic E-state index is 0.0340. The molecule has 7 nitrogen and oxygen atoms in total. The van der Waals surface area contributed by atoms with Crippen molar-refractivity contribution in [2.24, 2.45) is 0 Å². The lowest BCUT2D eigenvalue weighted by molar-refractivity contribution is -0.384. The van der Waals surface area contributed by atoms with Gasteiger partial charge in [0, 0.05) is 22.3 Å². The monoisotopic (exact) mass is 448 g/mol. The van der Waals surface area contributed by atoms with Crippen LogP contribution in [0, 0.1) is 10.1 Å². The van der Waals surface area contributed by atoms with Crippen LogP contribution >= 0.6 is 11.6 Å². The van der Waals surface area contributed by atoms with Gasteiger partial charge in [-0.05, 0) is 42.0 Å². The highest BCUT2D eigenvalue weighted by atomic mass is 35.5. The summed E-state index contributed by atoms with van der Waals surface area (Å²) in [6.45, 7) is 0. The van der Waals surface area contributed by atoms with Crippen molar-refractivity contribution < 1.29 is 19.2 Å². The number of rotatable bonds is 6. The second-order valence-electron chi connectivity index (χ2n) is 6.94. The van der Waals surface area contributed by atoms with Crippen molar-refractivity contribution in [2.45, 2.75) is 6.10 Å². The predicted molar refractivity (Wildman–Crippen MR) is 121 cm³/mol. The first kappa shape index (κ1) is 21.3. The molecule has 1 aromatic heterocycles. The largest absolute Gasteiger partial charge is 0.451 e. The van der Waals surface area contributed by atoms with E-state index in [1.807, 2.05) is 6.07 Å². The SMILES string of the molecule is O=C(Nc1ccc(Cl)cc1[C@H](O)c1ccccc1)c1ccc(-c2ccccc2[N+](=O)[O-])o1. The number of nitro benzene ring substituents is 1. The molecule has 0 aliphatic carbocycles. The van der Waals surface area contributed by atoms with Crippen LogP contribution in [0.3, 0.4) is 0 Å². The Balaban J connectivity index is 1.62. The highest BCUT2D eigenvalue weighted by Crippen LogP contribution is 2.33. The molecule has 3 aromatic carbocycles. The molecule has 1 amide bonds. The fraction of sp³-hybridized carbons (Fsp3) is 0.0417. The van der Waals surface area contributed by atoms with Crippen LogP contribution in [0.15, 0.2) is 89.3 Å². The number of carbonyl (C=O) groups excluding carboxylic acids is 1. The van der Waals surface area contributed by atoms with Gasteiger partial charge in [-0.25, -0.2) is 0 Å². The van der Waals surface area contributed by atoms with E-state index in [0.717, 1.165) is 0 Å². The Morgan fingerprint density at radius 3 is 2.47 bits per heavy atom. The van der Waals surface area contributed by atoms with Crippen LogP contribution in [0.25, 0.3) is 11.3 Å². The van der Waals surface area contributed by atoms with Crippen LogP contribution in [0.2, 0.25) is 5.02 Å². The molecule has 8 heteroatoms. The number of hydrogen-bond acceptors (Lipinski definition) is 5. The second-order valence-corrected chi connectivity index (χ2v) is 7.37. The number of anilines is 1. The number of nitrogens with zero attached hydrogens (tertiary/aromatic N) is 1. The molecule has 0 saturated heterocycles. The van der Waals surface area contributed by atoms with E-state index in [9.17, 15) is 20.0 Å². The third kappa shape index (κ3) is 4.39. The molecule has 0 radical (unpaired) electrons. The standard InChI is InChI=1S/C24H17ClN2O5/c25-16-10-11-19(18(14-16)23(28)15-6-2-1-3-7-15)26-24(29)22-13-12-21(32-22)17-8-4-5-9-20(17)27(30)31/h1-14,23,28H,(H,26,29)/t23-/m1/s1. The molecule has 32 heavy (non-hydrogen) atoms. The van der Waals surface area contributed by atoms with Crippen LogP contribution in [-0.2, 0) is 0 Å². The van der Waals surface area contributed by atoms with Crippen molar-refractivity contribution in [1.82, 2.24) is 0 Å². The molecule has 0 fully saturated rings. The van der Waals surface area contributed by atoms with Crippen molar-refractivity contribution in [3.63, 3.8) is 0 Å². The van der Waals surface area contributed by atoms with Crippen LogP contribution in [0.4, 0.5) is 11.4 Å². The average molecular weight is 449 g/mol. The number of aliphatic hydroxyl groups is 1. The summed E-state index contributed by atoms with van der Waals surface area (Å²) >= 11 is 6.12. The second kappa shape index (κ2) is 9.05. The normalized spacial score (nSPS) is 11.7. The van der Waals surface area contributed by atoms with Gasteiger partial charge in [-0.2, -0.15) is 0 Å². The molecule has 2 N–H and O–H groups in total. The fourth-order valence-electron chi connectivity index (χ4n) is 3.32. The molecule has 0 unspecified atom stereocenters. The quantitative estimate of drug-likeness (QED) is 0.284. The number of carbonyl (C=O) groups is 1. The summed E-state index contributed by atoms with van der Waals surface area (Å²) in [6.07, 6.45) is -1.01. The van der Waals surface area contributed by atoms with Crippen molar-refractivity contribution in [3.05, 3.63) is 117 Å². The van der Waals surface area contributed by atoms with Crippen molar-refractivity contribution in [1.29, 1.82) is 0 Å². The number of hydrogen-bond donors (Lipinski definition) is 2. The van der Waals surface area contributed by atoms with E-state index in [4.69, 9.17) is 16.0 Å². The van der Waals surface area contributed by atoms with Crippen molar-refractivity contribution in [2.75, 3.05) is 5.32 Å². The molecule has 160 valence electrons. The van der Waals surface area contributed by atoms with E-state index in [2.05, 4.69) is 5.32 Å². The number of nitrogens with one attached hydrogen (secondary N) is 1. The Hall–Kier alpha value is -3.94. The summed E-state index contributed by atoms with van der Waals surface area (Å²) in [6, 6.07) is 22.8. The molecule has 1 atom stereocenters.